The summed E-state index contributed by atoms with van der Waals surface area (Å²) in [7, 11) is 2.64. The predicted octanol–water partition coefficient (Wildman–Crippen LogP) is 3.36. The normalized spacial score (nSPS) is 15.5. The summed E-state index contributed by atoms with van der Waals surface area (Å²) in [5.74, 6) is -1.07. The molecule has 1 aliphatic heterocycles. The van der Waals surface area contributed by atoms with Gasteiger partial charge in [-0.05, 0) is 43.2 Å². The Morgan fingerprint density at radius 3 is 2.58 bits per heavy atom. The number of benzene rings is 1. The molecule has 1 atom stereocenters. The molecular weight excluding hydrogens is 332 g/mol. The molecule has 0 aliphatic carbocycles. The number of carbonyl (C=O) groups excluding carboxylic acids is 2. The Hall–Kier alpha value is -3.02. The maximum absolute atomic E-state index is 12.6. The molecule has 0 saturated heterocycles. The summed E-state index contributed by atoms with van der Waals surface area (Å²) in [6.07, 6.45) is 2.74. The monoisotopic (exact) mass is 352 g/mol. The highest BCUT2D eigenvalue weighted by Gasteiger charge is 2.31. The Bertz CT molecular complexity index is 1060. The quantitative estimate of drug-likeness (QED) is 0.718. The lowest BCUT2D eigenvalue weighted by atomic mass is 9.91. The van der Waals surface area contributed by atoms with Crippen molar-refractivity contribution >= 4 is 22.8 Å². The van der Waals surface area contributed by atoms with Crippen LogP contribution in [-0.4, -0.2) is 35.7 Å². The van der Waals surface area contributed by atoms with Crippen molar-refractivity contribution in [2.75, 3.05) is 14.2 Å². The smallest absolute Gasteiger partial charge is 0.339 e. The third-order valence-corrected chi connectivity index (χ3v) is 5.26. The highest BCUT2D eigenvalue weighted by molar-refractivity contribution is 6.14. The van der Waals surface area contributed by atoms with Gasteiger partial charge in [0.25, 0.3) is 0 Å². The van der Waals surface area contributed by atoms with Crippen LogP contribution in [0.3, 0.4) is 0 Å². The molecule has 4 rings (SSSR count). The molecule has 1 N–H and O–H groups in total. The lowest BCUT2D eigenvalue weighted by Crippen LogP contribution is -2.18. The summed E-state index contributed by atoms with van der Waals surface area (Å²) in [6, 6.07) is 6.11. The number of nitrogens with one attached hydrogen (secondary N) is 1. The van der Waals surface area contributed by atoms with Crippen molar-refractivity contribution < 1.29 is 19.1 Å². The maximum atomic E-state index is 12.6. The molecule has 2 aromatic heterocycles. The molecule has 0 radical (unpaired) electrons. The van der Waals surface area contributed by atoms with E-state index in [-0.39, 0.29) is 17.2 Å². The van der Waals surface area contributed by atoms with Gasteiger partial charge in [-0.2, -0.15) is 0 Å². The van der Waals surface area contributed by atoms with Gasteiger partial charge in [0.15, 0.2) is 0 Å². The summed E-state index contributed by atoms with van der Waals surface area (Å²) >= 11 is 0. The molecule has 3 aromatic rings. The van der Waals surface area contributed by atoms with Gasteiger partial charge >= 0.3 is 11.9 Å². The molecule has 0 fully saturated rings. The number of fused-ring (bicyclic) bond motifs is 4. The van der Waals surface area contributed by atoms with Crippen LogP contribution in [0.1, 0.15) is 56.2 Å². The first-order chi connectivity index (χ1) is 12.5. The second-order valence-corrected chi connectivity index (χ2v) is 6.63. The van der Waals surface area contributed by atoms with Gasteiger partial charge in [0.05, 0.1) is 31.4 Å². The number of nitrogens with zero attached hydrogens (tertiary/aromatic N) is 1. The fraction of sp³-hybridized carbons (Fsp3) is 0.300. The number of hydrogen-bond acceptors (Lipinski definition) is 4. The number of esters is 2. The lowest BCUT2D eigenvalue weighted by molar-refractivity contribution is 0.0556. The van der Waals surface area contributed by atoms with E-state index in [2.05, 4.69) is 28.7 Å². The fourth-order valence-corrected chi connectivity index (χ4v) is 4.07. The lowest BCUT2D eigenvalue weighted by Gasteiger charge is -2.24. The highest BCUT2D eigenvalue weighted by Crippen LogP contribution is 2.39. The summed E-state index contributed by atoms with van der Waals surface area (Å²) in [6.45, 7) is 3.91. The van der Waals surface area contributed by atoms with Crippen molar-refractivity contribution in [3.05, 3.63) is 58.0 Å². The molecule has 0 amide bonds. The van der Waals surface area contributed by atoms with Crippen molar-refractivity contribution in [3.8, 4) is 0 Å². The van der Waals surface area contributed by atoms with E-state index >= 15 is 0 Å². The Labute approximate surface area is 150 Å². The number of hydrogen-bond donors (Lipinski definition) is 1. The minimum atomic E-state index is -0.535. The van der Waals surface area contributed by atoms with Crippen LogP contribution < -0.4 is 0 Å². The summed E-state index contributed by atoms with van der Waals surface area (Å²) in [5.41, 5.74) is 5.30. The molecule has 0 spiro atoms. The molecule has 0 bridgehead atoms. The summed E-state index contributed by atoms with van der Waals surface area (Å²) in [4.78, 5) is 28.5. The van der Waals surface area contributed by atoms with Crippen LogP contribution in [0.15, 0.2) is 24.4 Å². The standard InChI is InChI=1S/C20H20N2O4/c1-10-8-14-16(17(20(24)26-4)15(10)19(23)25-3)13-9-12-6-5-7-22(12)11(2)18(13)21-14/h5-8,11,21H,9H2,1-4H3. The van der Waals surface area contributed by atoms with E-state index in [1.54, 1.807) is 6.92 Å². The zero-order chi connectivity index (χ0) is 18.6. The van der Waals surface area contributed by atoms with Crippen LogP contribution in [-0.2, 0) is 15.9 Å². The van der Waals surface area contributed by atoms with E-state index < -0.39 is 11.9 Å². The zero-order valence-electron chi connectivity index (χ0n) is 15.2. The average molecular weight is 352 g/mol. The van der Waals surface area contributed by atoms with E-state index in [1.807, 2.05) is 12.1 Å². The molecule has 26 heavy (non-hydrogen) atoms. The number of aryl methyl sites for hydroxylation is 1. The van der Waals surface area contributed by atoms with Crippen LogP contribution >= 0.6 is 0 Å². The minimum absolute atomic E-state index is 0.114. The second-order valence-electron chi connectivity index (χ2n) is 6.63. The molecule has 6 nitrogen and oxygen atoms in total. The molecular formula is C20H20N2O4. The number of rotatable bonds is 2. The third kappa shape index (κ3) is 2.11. The molecule has 1 aromatic carbocycles. The number of carbonyl (C=O) groups is 2. The zero-order valence-corrected chi connectivity index (χ0v) is 15.2. The van der Waals surface area contributed by atoms with Gasteiger partial charge in [-0.15, -0.1) is 0 Å². The van der Waals surface area contributed by atoms with Gasteiger partial charge in [-0.25, -0.2) is 9.59 Å². The van der Waals surface area contributed by atoms with E-state index in [0.29, 0.717) is 12.0 Å². The van der Waals surface area contributed by atoms with Gasteiger partial charge < -0.3 is 19.0 Å². The van der Waals surface area contributed by atoms with Gasteiger partial charge in [-0.1, -0.05) is 0 Å². The fourth-order valence-electron chi connectivity index (χ4n) is 4.07. The van der Waals surface area contributed by atoms with Crippen molar-refractivity contribution in [2.24, 2.45) is 0 Å². The van der Waals surface area contributed by atoms with Crippen LogP contribution in [0.5, 0.6) is 0 Å². The number of H-pyrrole nitrogens is 1. The topological polar surface area (TPSA) is 73.3 Å². The van der Waals surface area contributed by atoms with Crippen molar-refractivity contribution in [2.45, 2.75) is 26.3 Å². The largest absolute Gasteiger partial charge is 0.465 e. The first-order valence-electron chi connectivity index (χ1n) is 8.48. The van der Waals surface area contributed by atoms with Crippen LogP contribution in [0.4, 0.5) is 0 Å². The Kier molecular flexibility index (Phi) is 3.64. The third-order valence-electron chi connectivity index (χ3n) is 5.26. The summed E-state index contributed by atoms with van der Waals surface area (Å²) in [5, 5.41) is 0.747. The minimum Gasteiger partial charge on any atom is -0.465 e. The Morgan fingerprint density at radius 2 is 1.88 bits per heavy atom. The molecule has 1 aliphatic rings. The maximum Gasteiger partial charge on any atom is 0.339 e. The van der Waals surface area contributed by atoms with E-state index in [9.17, 15) is 9.59 Å². The number of aromatic amines is 1. The van der Waals surface area contributed by atoms with Gasteiger partial charge in [0.2, 0.25) is 0 Å². The van der Waals surface area contributed by atoms with Crippen molar-refractivity contribution in [1.82, 2.24) is 9.55 Å². The SMILES string of the molecule is COC(=O)c1c(C)cc2[nH]c3c(c2c1C(=O)OC)Cc1cccn1C3C. The second kappa shape index (κ2) is 5.76. The first kappa shape index (κ1) is 16.4. The van der Waals surface area contributed by atoms with E-state index in [0.717, 1.165) is 22.2 Å². The van der Waals surface area contributed by atoms with Crippen LogP contribution in [0.2, 0.25) is 0 Å². The molecule has 134 valence electrons. The summed E-state index contributed by atoms with van der Waals surface area (Å²) < 4.78 is 12.1. The Balaban J connectivity index is 2.09. The molecule has 3 heterocycles. The average Bonchev–Trinajstić information content (AvgIpc) is 3.24. The van der Waals surface area contributed by atoms with Crippen molar-refractivity contribution in [1.29, 1.82) is 0 Å². The van der Waals surface area contributed by atoms with Gasteiger partial charge in [0, 0.05) is 34.9 Å². The molecule has 1 unspecified atom stereocenters. The predicted molar refractivity (Wildman–Crippen MR) is 96.8 cm³/mol. The van der Waals surface area contributed by atoms with Crippen LogP contribution in [0, 0.1) is 6.92 Å². The van der Waals surface area contributed by atoms with Crippen molar-refractivity contribution in [3.63, 3.8) is 0 Å². The Morgan fingerprint density at radius 1 is 1.19 bits per heavy atom. The van der Waals surface area contributed by atoms with Crippen LogP contribution in [0.25, 0.3) is 10.9 Å². The van der Waals surface area contributed by atoms with E-state index in [1.165, 1.54) is 19.9 Å². The highest BCUT2D eigenvalue weighted by atomic mass is 16.5. The molecule has 0 saturated carbocycles. The number of ether oxygens (including phenoxy) is 2. The van der Waals surface area contributed by atoms with E-state index in [4.69, 9.17) is 9.47 Å². The first-order valence-corrected chi connectivity index (χ1v) is 8.48. The number of methoxy groups -OCH3 is 2. The molecule has 6 heteroatoms. The van der Waals surface area contributed by atoms with Gasteiger partial charge in [0.1, 0.15) is 0 Å². The van der Waals surface area contributed by atoms with Gasteiger partial charge in [-0.3, -0.25) is 0 Å². The number of aromatic nitrogens is 2.